The number of sulfone groups is 1. The van der Waals surface area contributed by atoms with E-state index < -0.39 is 32.5 Å². The van der Waals surface area contributed by atoms with Crippen LogP contribution in [0.1, 0.15) is 6.42 Å². The quantitative estimate of drug-likeness (QED) is 0.379. The lowest BCUT2D eigenvalue weighted by Gasteiger charge is -2.12. The first-order valence-corrected chi connectivity index (χ1v) is 7.88. The first-order valence-electron chi connectivity index (χ1n) is 5.82. The van der Waals surface area contributed by atoms with Crippen LogP contribution in [-0.4, -0.2) is 42.4 Å². The Morgan fingerprint density at radius 3 is 2.62 bits per heavy atom. The van der Waals surface area contributed by atoms with E-state index in [9.17, 15) is 28.4 Å². The predicted octanol–water partition coefficient (Wildman–Crippen LogP) is 0.000900. The number of carbonyl (C=O) groups is 1. The van der Waals surface area contributed by atoms with E-state index in [-0.39, 0.29) is 23.5 Å². The molecule has 0 fully saturated rings. The van der Waals surface area contributed by atoms with Crippen molar-refractivity contribution in [3.63, 3.8) is 0 Å². The average Bonchev–Trinajstić information content (AvgIpc) is 2.37. The van der Waals surface area contributed by atoms with E-state index in [2.05, 4.69) is 5.32 Å². The fourth-order valence-corrected chi connectivity index (χ4v) is 2.12. The molecule has 0 bridgehead atoms. The van der Waals surface area contributed by atoms with E-state index in [1.54, 1.807) is 0 Å². The van der Waals surface area contributed by atoms with Gasteiger partial charge in [0.1, 0.15) is 15.6 Å². The number of carbonyl (C=O) groups excluding carboxylic acids is 1. The van der Waals surface area contributed by atoms with Gasteiger partial charge < -0.3 is 16.2 Å². The van der Waals surface area contributed by atoms with Gasteiger partial charge in [0.25, 0.3) is 5.69 Å². The Labute approximate surface area is 120 Å². The van der Waals surface area contributed by atoms with Crippen LogP contribution in [0.3, 0.4) is 0 Å². The summed E-state index contributed by atoms with van der Waals surface area (Å²) in [7, 11) is -3.23. The second-order valence-electron chi connectivity index (χ2n) is 4.47. The number of anilines is 1. The van der Waals surface area contributed by atoms with E-state index in [4.69, 9.17) is 5.73 Å². The molecule has 0 aliphatic rings. The fourth-order valence-electron chi connectivity index (χ4n) is 1.44. The zero-order valence-corrected chi connectivity index (χ0v) is 12.0. The van der Waals surface area contributed by atoms with Crippen molar-refractivity contribution in [3.05, 3.63) is 28.3 Å². The number of nitrogens with two attached hydrogens (primary N) is 1. The Kier molecular flexibility index (Phi) is 5.22. The Morgan fingerprint density at radius 2 is 2.14 bits per heavy atom. The number of nitro groups is 1. The number of non-ortho nitro benzene ring substituents is 1. The minimum Gasteiger partial charge on any atom is -0.506 e. The largest absolute Gasteiger partial charge is 0.506 e. The van der Waals surface area contributed by atoms with Crippen LogP contribution in [0, 0.1) is 10.1 Å². The fraction of sp³-hybridized carbons (Fsp3) is 0.364. The molecule has 0 saturated carbocycles. The standard InChI is InChI=1S/C11H15N3O6S/c1-21(19,20)5-4-8(12)11(16)13-9-3-2-7(14(17)18)6-10(9)15/h2-3,6,8,15H,4-5,12H2,1H3,(H,13,16). The molecule has 1 aromatic carbocycles. The Bertz CT molecular complexity index is 658. The van der Waals surface area contributed by atoms with Gasteiger partial charge in [0.2, 0.25) is 5.91 Å². The highest BCUT2D eigenvalue weighted by atomic mass is 32.2. The number of phenols is 1. The molecule has 1 aromatic rings. The van der Waals surface area contributed by atoms with Crippen molar-refractivity contribution >= 4 is 27.1 Å². The molecule has 0 heterocycles. The molecule has 116 valence electrons. The summed E-state index contributed by atoms with van der Waals surface area (Å²) < 4.78 is 22.0. The van der Waals surface area contributed by atoms with Crippen molar-refractivity contribution in [2.24, 2.45) is 5.73 Å². The number of aromatic hydroxyl groups is 1. The summed E-state index contributed by atoms with van der Waals surface area (Å²) in [5.74, 6) is -1.41. The number of phenolic OH excluding ortho intramolecular Hbond substituents is 1. The number of hydrogen-bond donors (Lipinski definition) is 3. The number of benzene rings is 1. The van der Waals surface area contributed by atoms with Crippen molar-refractivity contribution in [3.8, 4) is 5.75 Å². The van der Waals surface area contributed by atoms with Crippen LogP contribution >= 0.6 is 0 Å². The molecule has 21 heavy (non-hydrogen) atoms. The second-order valence-corrected chi connectivity index (χ2v) is 6.73. The zero-order valence-electron chi connectivity index (χ0n) is 11.1. The lowest BCUT2D eigenvalue weighted by Crippen LogP contribution is -2.37. The summed E-state index contributed by atoms with van der Waals surface area (Å²) in [4.78, 5) is 21.5. The molecule has 4 N–H and O–H groups in total. The van der Waals surface area contributed by atoms with Gasteiger partial charge in [0.05, 0.1) is 28.5 Å². The van der Waals surface area contributed by atoms with E-state index in [0.717, 1.165) is 24.5 Å². The number of nitrogens with one attached hydrogen (secondary N) is 1. The van der Waals surface area contributed by atoms with Gasteiger partial charge in [-0.15, -0.1) is 0 Å². The SMILES string of the molecule is CS(=O)(=O)CCC(N)C(=O)Nc1ccc([N+](=O)[O-])cc1O. The van der Waals surface area contributed by atoms with E-state index in [0.29, 0.717) is 0 Å². The highest BCUT2D eigenvalue weighted by Gasteiger charge is 2.18. The van der Waals surface area contributed by atoms with Gasteiger partial charge >= 0.3 is 0 Å². The molecule has 1 amide bonds. The summed E-state index contributed by atoms with van der Waals surface area (Å²) >= 11 is 0. The number of nitrogens with zero attached hydrogens (tertiary/aromatic N) is 1. The first-order chi connectivity index (χ1) is 9.60. The number of hydrogen-bond acceptors (Lipinski definition) is 7. The zero-order chi connectivity index (χ0) is 16.2. The van der Waals surface area contributed by atoms with Gasteiger partial charge in [-0.25, -0.2) is 8.42 Å². The van der Waals surface area contributed by atoms with Crippen LogP contribution in [0.5, 0.6) is 5.75 Å². The third-order valence-electron chi connectivity index (χ3n) is 2.59. The molecule has 0 radical (unpaired) electrons. The number of rotatable bonds is 6. The normalized spacial score (nSPS) is 12.7. The summed E-state index contributed by atoms with van der Waals surface area (Å²) in [6, 6.07) is 2.08. The first kappa shape index (κ1) is 16.9. The van der Waals surface area contributed by atoms with Crippen LogP contribution in [0.15, 0.2) is 18.2 Å². The van der Waals surface area contributed by atoms with Crippen molar-refractivity contribution in [2.75, 3.05) is 17.3 Å². The van der Waals surface area contributed by atoms with Crippen molar-refractivity contribution in [1.29, 1.82) is 0 Å². The van der Waals surface area contributed by atoms with Crippen LogP contribution in [0.25, 0.3) is 0 Å². The highest BCUT2D eigenvalue weighted by Crippen LogP contribution is 2.27. The van der Waals surface area contributed by atoms with Gasteiger partial charge in [0, 0.05) is 12.3 Å². The molecule has 1 atom stereocenters. The van der Waals surface area contributed by atoms with Gasteiger partial charge in [-0.1, -0.05) is 0 Å². The topological polar surface area (TPSA) is 153 Å². The molecule has 9 nitrogen and oxygen atoms in total. The average molecular weight is 317 g/mol. The highest BCUT2D eigenvalue weighted by molar-refractivity contribution is 7.90. The summed E-state index contributed by atoms with van der Waals surface area (Å²) in [6.07, 6.45) is 0.957. The molecule has 10 heteroatoms. The predicted molar refractivity (Wildman–Crippen MR) is 75.7 cm³/mol. The van der Waals surface area contributed by atoms with Gasteiger partial charge in [-0.05, 0) is 12.5 Å². The third-order valence-corrected chi connectivity index (χ3v) is 3.56. The second kappa shape index (κ2) is 6.50. The maximum Gasteiger partial charge on any atom is 0.273 e. The van der Waals surface area contributed by atoms with Crippen LogP contribution in [0.4, 0.5) is 11.4 Å². The molecule has 1 unspecified atom stereocenters. The molecule has 1 rings (SSSR count). The molecule has 0 spiro atoms. The molecule has 0 aliphatic heterocycles. The Balaban J connectivity index is 2.72. The van der Waals surface area contributed by atoms with E-state index in [1.807, 2.05) is 0 Å². The van der Waals surface area contributed by atoms with Crippen molar-refractivity contribution in [1.82, 2.24) is 0 Å². The Hall–Kier alpha value is -2.20. The molecule has 0 aliphatic carbocycles. The monoisotopic (exact) mass is 317 g/mol. The maximum atomic E-state index is 11.7. The number of nitro benzene ring substituents is 1. The van der Waals surface area contributed by atoms with Gasteiger partial charge in [-0.3, -0.25) is 14.9 Å². The van der Waals surface area contributed by atoms with E-state index >= 15 is 0 Å². The molecule has 0 aromatic heterocycles. The minimum atomic E-state index is -3.23. The summed E-state index contributed by atoms with van der Waals surface area (Å²) in [5, 5.41) is 22.4. The van der Waals surface area contributed by atoms with Crippen molar-refractivity contribution < 1.29 is 23.2 Å². The van der Waals surface area contributed by atoms with Gasteiger partial charge in [0.15, 0.2) is 0 Å². The van der Waals surface area contributed by atoms with Crippen LogP contribution in [0.2, 0.25) is 0 Å². The van der Waals surface area contributed by atoms with Crippen molar-refractivity contribution in [2.45, 2.75) is 12.5 Å². The molecular formula is C11H15N3O6S. The minimum absolute atomic E-state index is 0.0413. The van der Waals surface area contributed by atoms with Crippen LogP contribution in [-0.2, 0) is 14.6 Å². The lowest BCUT2D eigenvalue weighted by molar-refractivity contribution is -0.384. The molecule has 0 saturated heterocycles. The lowest BCUT2D eigenvalue weighted by atomic mass is 10.2. The molecular weight excluding hydrogens is 302 g/mol. The summed E-state index contributed by atoms with van der Waals surface area (Å²) in [5.41, 5.74) is 5.17. The third kappa shape index (κ3) is 5.36. The smallest absolute Gasteiger partial charge is 0.273 e. The summed E-state index contributed by atoms with van der Waals surface area (Å²) in [6.45, 7) is 0. The van der Waals surface area contributed by atoms with Gasteiger partial charge in [-0.2, -0.15) is 0 Å². The van der Waals surface area contributed by atoms with Crippen LogP contribution < -0.4 is 11.1 Å². The maximum absolute atomic E-state index is 11.7. The number of amides is 1. The van der Waals surface area contributed by atoms with E-state index in [1.165, 1.54) is 0 Å². The Morgan fingerprint density at radius 1 is 1.52 bits per heavy atom.